The number of nitrogens with zero attached hydrogens (tertiary/aromatic N) is 2. The third-order valence-electron chi connectivity index (χ3n) is 5.35. The van der Waals surface area contributed by atoms with Crippen molar-refractivity contribution in [1.82, 2.24) is 15.5 Å². The first-order valence-electron chi connectivity index (χ1n) is 10.7. The Kier molecular flexibility index (Phi) is 11.1. The molecule has 3 N–H and O–H groups in total. The van der Waals surface area contributed by atoms with Crippen LogP contribution in [0.1, 0.15) is 48.6 Å². The van der Waals surface area contributed by atoms with Crippen molar-refractivity contribution in [2.75, 3.05) is 26.2 Å². The van der Waals surface area contributed by atoms with Gasteiger partial charge >= 0.3 is 0 Å². The maximum absolute atomic E-state index is 9.64. The summed E-state index contributed by atoms with van der Waals surface area (Å²) in [4.78, 5) is 8.56. The average Bonchev–Trinajstić information content (AvgIpc) is 3.28. The van der Waals surface area contributed by atoms with E-state index in [9.17, 15) is 5.11 Å². The molecule has 0 spiro atoms. The third-order valence-corrected chi connectivity index (χ3v) is 6.46. The van der Waals surface area contributed by atoms with Gasteiger partial charge in [0.2, 0.25) is 0 Å². The zero-order chi connectivity index (χ0) is 20.5. The topological polar surface area (TPSA) is 59.9 Å². The highest BCUT2D eigenvalue weighted by atomic mass is 127. The van der Waals surface area contributed by atoms with Gasteiger partial charge in [0.25, 0.3) is 0 Å². The van der Waals surface area contributed by atoms with Gasteiger partial charge in [0, 0.05) is 43.5 Å². The van der Waals surface area contributed by atoms with Gasteiger partial charge in [0.05, 0.1) is 12.6 Å². The molecule has 166 valence electrons. The number of nitrogens with one attached hydrogen (secondary N) is 2. The summed E-state index contributed by atoms with van der Waals surface area (Å²) in [6.45, 7) is 9.64. The molecule has 1 fully saturated rings. The van der Waals surface area contributed by atoms with Crippen LogP contribution in [0.5, 0.6) is 0 Å². The summed E-state index contributed by atoms with van der Waals surface area (Å²) in [6, 6.07) is 13.1. The quantitative estimate of drug-likeness (QED) is 0.266. The lowest BCUT2D eigenvalue weighted by atomic mass is 10.1. The second kappa shape index (κ2) is 13.3. The molecule has 1 aliphatic heterocycles. The van der Waals surface area contributed by atoms with E-state index in [1.807, 2.05) is 0 Å². The fourth-order valence-corrected chi connectivity index (χ4v) is 4.31. The minimum absolute atomic E-state index is 0. The number of hydrogen-bond donors (Lipinski definition) is 3. The molecule has 1 aliphatic rings. The van der Waals surface area contributed by atoms with Crippen LogP contribution in [-0.4, -0.2) is 48.2 Å². The van der Waals surface area contributed by atoms with Gasteiger partial charge in [-0.15, -0.1) is 35.3 Å². The molecule has 5 nitrogen and oxygen atoms in total. The molecule has 0 radical (unpaired) electrons. The van der Waals surface area contributed by atoms with E-state index >= 15 is 0 Å². The largest absolute Gasteiger partial charge is 0.393 e. The van der Waals surface area contributed by atoms with Gasteiger partial charge in [-0.05, 0) is 42.3 Å². The lowest BCUT2D eigenvalue weighted by Crippen LogP contribution is -2.39. The van der Waals surface area contributed by atoms with Crippen molar-refractivity contribution in [3.8, 4) is 0 Å². The Morgan fingerprint density at radius 1 is 1.17 bits per heavy atom. The van der Waals surface area contributed by atoms with Gasteiger partial charge in [0.1, 0.15) is 0 Å². The number of rotatable bonds is 8. The van der Waals surface area contributed by atoms with E-state index in [4.69, 9.17) is 4.99 Å². The second-order valence-corrected chi connectivity index (χ2v) is 8.80. The smallest absolute Gasteiger partial charge is 0.191 e. The van der Waals surface area contributed by atoms with Crippen molar-refractivity contribution in [2.24, 2.45) is 4.99 Å². The van der Waals surface area contributed by atoms with Gasteiger partial charge < -0.3 is 15.7 Å². The summed E-state index contributed by atoms with van der Waals surface area (Å²) in [6.07, 6.45) is 1.66. The first-order chi connectivity index (χ1) is 14.1. The number of thiophene rings is 1. The van der Waals surface area contributed by atoms with Crippen LogP contribution in [0.15, 0.2) is 46.8 Å². The Labute approximate surface area is 202 Å². The van der Waals surface area contributed by atoms with Crippen LogP contribution in [0.25, 0.3) is 0 Å². The maximum Gasteiger partial charge on any atom is 0.191 e. The summed E-state index contributed by atoms with van der Waals surface area (Å²) < 4.78 is 0. The normalized spacial score (nSPS) is 16.7. The molecule has 7 heteroatoms. The van der Waals surface area contributed by atoms with E-state index in [-0.39, 0.29) is 30.1 Å². The van der Waals surface area contributed by atoms with Crippen molar-refractivity contribution in [3.05, 3.63) is 57.8 Å². The summed E-state index contributed by atoms with van der Waals surface area (Å²) in [5.41, 5.74) is 2.54. The van der Waals surface area contributed by atoms with Crippen LogP contribution in [0, 0.1) is 0 Å². The standard InChI is InChI=1S/C23H34N4OS.HI/c1-3-24-23(25-15-18(2)22-5-4-14-29-22)26-16-19-6-8-20(9-7-19)17-27-12-10-21(28)11-13-27;/h4-9,14,18,21,28H,3,10-13,15-17H2,1-2H3,(H2,24,25,26);1H. The molecular weight excluding hydrogens is 507 g/mol. The lowest BCUT2D eigenvalue weighted by molar-refractivity contribution is 0.0792. The molecule has 0 amide bonds. The number of piperidine rings is 1. The predicted octanol–water partition coefficient (Wildman–Crippen LogP) is 4.18. The van der Waals surface area contributed by atoms with Crippen LogP contribution in [0.2, 0.25) is 0 Å². The number of aliphatic imine (C=N–C) groups is 1. The van der Waals surface area contributed by atoms with E-state index in [0.717, 1.165) is 51.5 Å². The van der Waals surface area contributed by atoms with Gasteiger partial charge in [-0.2, -0.15) is 0 Å². The molecule has 0 bridgehead atoms. The van der Waals surface area contributed by atoms with Crippen molar-refractivity contribution >= 4 is 41.3 Å². The van der Waals surface area contributed by atoms with Crippen LogP contribution in [-0.2, 0) is 13.1 Å². The molecule has 1 saturated heterocycles. The van der Waals surface area contributed by atoms with Crippen molar-refractivity contribution in [2.45, 2.75) is 51.8 Å². The Bertz CT molecular complexity index is 743. The van der Waals surface area contributed by atoms with E-state index in [2.05, 4.69) is 71.2 Å². The molecule has 2 aromatic rings. The molecule has 0 aliphatic carbocycles. The minimum atomic E-state index is -0.112. The molecule has 0 saturated carbocycles. The Morgan fingerprint density at radius 2 is 1.87 bits per heavy atom. The van der Waals surface area contributed by atoms with E-state index in [1.54, 1.807) is 11.3 Å². The number of likely N-dealkylation sites (tertiary alicyclic amines) is 1. The summed E-state index contributed by atoms with van der Waals surface area (Å²) in [5.74, 6) is 1.33. The maximum atomic E-state index is 9.64. The number of aliphatic hydroxyl groups is 1. The number of guanidine groups is 1. The van der Waals surface area contributed by atoms with Gasteiger partial charge in [-0.1, -0.05) is 37.3 Å². The molecule has 1 atom stereocenters. The summed E-state index contributed by atoms with van der Waals surface area (Å²) in [5, 5.41) is 18.6. The number of halogens is 1. The molecular formula is C23H35IN4OS. The number of benzene rings is 1. The molecule has 1 unspecified atom stereocenters. The van der Waals surface area contributed by atoms with Crippen molar-refractivity contribution < 1.29 is 5.11 Å². The fourth-order valence-electron chi connectivity index (χ4n) is 3.52. The Morgan fingerprint density at radius 3 is 2.50 bits per heavy atom. The Hall–Kier alpha value is -1.16. The molecule has 3 rings (SSSR count). The van der Waals surface area contributed by atoms with Gasteiger partial charge in [0.15, 0.2) is 5.96 Å². The lowest BCUT2D eigenvalue weighted by Gasteiger charge is -2.29. The van der Waals surface area contributed by atoms with Gasteiger partial charge in [-0.3, -0.25) is 4.90 Å². The second-order valence-electron chi connectivity index (χ2n) is 7.82. The van der Waals surface area contributed by atoms with Crippen LogP contribution < -0.4 is 10.6 Å². The summed E-state index contributed by atoms with van der Waals surface area (Å²) >= 11 is 1.80. The SMILES string of the molecule is CCNC(=NCc1ccc(CN2CCC(O)CC2)cc1)NCC(C)c1cccs1.I. The highest BCUT2D eigenvalue weighted by Gasteiger charge is 2.16. The molecule has 2 heterocycles. The number of hydrogen-bond acceptors (Lipinski definition) is 4. The van der Waals surface area contributed by atoms with Crippen LogP contribution >= 0.6 is 35.3 Å². The zero-order valence-electron chi connectivity index (χ0n) is 18.0. The van der Waals surface area contributed by atoms with E-state index < -0.39 is 0 Å². The summed E-state index contributed by atoms with van der Waals surface area (Å²) in [7, 11) is 0. The van der Waals surface area contributed by atoms with Crippen molar-refractivity contribution in [3.63, 3.8) is 0 Å². The predicted molar refractivity (Wildman–Crippen MR) is 138 cm³/mol. The minimum Gasteiger partial charge on any atom is -0.393 e. The fraction of sp³-hybridized carbons (Fsp3) is 0.522. The zero-order valence-corrected chi connectivity index (χ0v) is 21.2. The highest BCUT2D eigenvalue weighted by Crippen LogP contribution is 2.19. The van der Waals surface area contributed by atoms with Crippen LogP contribution in [0.4, 0.5) is 0 Å². The first-order valence-corrected chi connectivity index (χ1v) is 11.6. The number of aliphatic hydroxyl groups excluding tert-OH is 1. The van der Waals surface area contributed by atoms with Gasteiger partial charge in [-0.25, -0.2) is 4.99 Å². The third kappa shape index (κ3) is 8.17. The highest BCUT2D eigenvalue weighted by molar-refractivity contribution is 14.0. The average molecular weight is 543 g/mol. The first kappa shape index (κ1) is 25.1. The van der Waals surface area contributed by atoms with E-state index in [0.29, 0.717) is 12.5 Å². The molecule has 1 aromatic heterocycles. The Balaban J connectivity index is 0.00000320. The molecule has 30 heavy (non-hydrogen) atoms. The van der Waals surface area contributed by atoms with Crippen molar-refractivity contribution in [1.29, 1.82) is 0 Å². The molecule has 1 aromatic carbocycles. The van der Waals surface area contributed by atoms with E-state index in [1.165, 1.54) is 16.0 Å². The monoisotopic (exact) mass is 542 g/mol. The van der Waals surface area contributed by atoms with Crippen LogP contribution in [0.3, 0.4) is 0 Å².